The summed E-state index contributed by atoms with van der Waals surface area (Å²) in [6.45, 7) is 15.9. The van der Waals surface area contributed by atoms with Crippen LogP contribution < -0.4 is 0 Å². The molecule has 0 fully saturated rings. The van der Waals surface area contributed by atoms with Crippen LogP contribution in [0.5, 0.6) is 0 Å². The maximum Gasteiger partial charge on any atom is 0.300 e. The summed E-state index contributed by atoms with van der Waals surface area (Å²) in [7, 11) is 0. The molecule has 0 saturated heterocycles. The number of carbonyl (C=O) groups is 1. The van der Waals surface area contributed by atoms with E-state index in [-0.39, 0.29) is 0 Å². The summed E-state index contributed by atoms with van der Waals surface area (Å²) in [5, 5.41) is 7.42. The summed E-state index contributed by atoms with van der Waals surface area (Å²) in [6.07, 6.45) is 5.33. The van der Waals surface area contributed by atoms with Gasteiger partial charge >= 0.3 is 0 Å². The van der Waals surface area contributed by atoms with E-state index in [1.807, 2.05) is 0 Å². The van der Waals surface area contributed by atoms with E-state index in [0.29, 0.717) is 0 Å². The molecular weight excluding hydrogens is 214 g/mol. The number of aliphatic carboxylic acids is 1. The minimum absolute atomic E-state index is 0.833. The summed E-state index contributed by atoms with van der Waals surface area (Å²) >= 11 is 0. The maximum absolute atomic E-state index is 9.00. The highest BCUT2D eigenvalue weighted by Gasteiger charge is 2.22. The molecule has 0 rings (SSSR count). The third-order valence-corrected chi connectivity index (χ3v) is 2.79. The number of rotatable bonds is 8. The Bertz CT molecular complexity index is 148. The largest absolute Gasteiger partial charge is 0.481 e. The molecule has 3 nitrogen and oxygen atoms in total. The molecule has 0 saturated carbocycles. The molecule has 0 bridgehead atoms. The van der Waals surface area contributed by atoms with Crippen LogP contribution in [0.15, 0.2) is 0 Å². The zero-order valence-corrected chi connectivity index (χ0v) is 12.5. The second kappa shape index (κ2) is 11.9. The van der Waals surface area contributed by atoms with Crippen molar-refractivity contribution in [1.82, 2.24) is 0 Å². The van der Waals surface area contributed by atoms with E-state index in [1.54, 1.807) is 0 Å². The molecule has 0 aromatic rings. The van der Waals surface area contributed by atoms with Crippen LogP contribution in [-0.4, -0.2) is 41.7 Å². The van der Waals surface area contributed by atoms with Gasteiger partial charge in [0.05, 0.1) is 26.2 Å². The van der Waals surface area contributed by atoms with Gasteiger partial charge in [0, 0.05) is 6.92 Å². The van der Waals surface area contributed by atoms with Crippen LogP contribution in [0, 0.1) is 0 Å². The molecule has 0 radical (unpaired) electrons. The van der Waals surface area contributed by atoms with Gasteiger partial charge in [-0.05, 0) is 25.7 Å². The van der Waals surface area contributed by atoms with E-state index >= 15 is 0 Å². The van der Waals surface area contributed by atoms with E-state index in [9.17, 15) is 0 Å². The molecule has 0 spiro atoms. The zero-order valence-electron chi connectivity index (χ0n) is 12.5. The highest BCUT2D eigenvalue weighted by atomic mass is 16.4. The van der Waals surface area contributed by atoms with Crippen molar-refractivity contribution < 1.29 is 14.4 Å². The maximum atomic E-state index is 9.00. The lowest BCUT2D eigenvalue weighted by Crippen LogP contribution is -2.50. The number of carboxylic acid groups (broad SMARTS) is 1. The van der Waals surface area contributed by atoms with Gasteiger partial charge in [-0.3, -0.25) is 4.79 Å². The molecule has 0 atom stereocenters. The zero-order chi connectivity index (χ0) is 13.7. The number of hydrogen-bond acceptors (Lipinski definition) is 1. The standard InChI is InChI=1S/C12H28N.C2H4O2/c1-5-9-13(10-6-2,11-7-3)12-8-4;1-2(3)4/h5-12H2,1-4H3;1H3,(H,3,4)/q+1;. The Morgan fingerprint density at radius 1 is 0.824 bits per heavy atom. The lowest BCUT2D eigenvalue weighted by atomic mass is 10.2. The third kappa shape index (κ3) is 11.7. The van der Waals surface area contributed by atoms with E-state index in [2.05, 4.69) is 27.7 Å². The first-order chi connectivity index (χ1) is 7.97. The fourth-order valence-corrected chi connectivity index (χ4v) is 2.57. The van der Waals surface area contributed by atoms with Crippen molar-refractivity contribution in [2.45, 2.75) is 60.3 Å². The quantitative estimate of drug-likeness (QED) is 0.665. The molecule has 0 aromatic carbocycles. The highest BCUT2D eigenvalue weighted by Crippen LogP contribution is 2.12. The first kappa shape index (κ1) is 18.8. The van der Waals surface area contributed by atoms with Crippen LogP contribution in [0.3, 0.4) is 0 Å². The normalized spacial score (nSPS) is 10.6. The summed E-state index contributed by atoms with van der Waals surface area (Å²) < 4.78 is 1.38. The topological polar surface area (TPSA) is 37.3 Å². The van der Waals surface area contributed by atoms with Crippen molar-refractivity contribution in [3.05, 3.63) is 0 Å². The molecule has 17 heavy (non-hydrogen) atoms. The van der Waals surface area contributed by atoms with E-state index in [1.165, 1.54) is 56.3 Å². The summed E-state index contributed by atoms with van der Waals surface area (Å²) in [5.74, 6) is -0.833. The van der Waals surface area contributed by atoms with Gasteiger partial charge in [-0.2, -0.15) is 0 Å². The van der Waals surface area contributed by atoms with Crippen LogP contribution in [0.1, 0.15) is 60.3 Å². The fraction of sp³-hybridized carbons (Fsp3) is 0.929. The Morgan fingerprint density at radius 3 is 1.12 bits per heavy atom. The van der Waals surface area contributed by atoms with Gasteiger partial charge < -0.3 is 9.59 Å². The fourth-order valence-electron chi connectivity index (χ4n) is 2.57. The van der Waals surface area contributed by atoms with Crippen LogP contribution in [0.2, 0.25) is 0 Å². The second-order valence-electron chi connectivity index (χ2n) is 4.76. The average Bonchev–Trinajstić information content (AvgIpc) is 2.18. The Morgan fingerprint density at radius 2 is 1.00 bits per heavy atom. The van der Waals surface area contributed by atoms with Crippen LogP contribution in [0.4, 0.5) is 0 Å². The molecule has 0 aliphatic rings. The average molecular weight is 246 g/mol. The second-order valence-corrected chi connectivity index (χ2v) is 4.76. The van der Waals surface area contributed by atoms with Gasteiger partial charge in [-0.25, -0.2) is 0 Å². The summed E-state index contributed by atoms with van der Waals surface area (Å²) in [6, 6.07) is 0. The SMILES string of the molecule is CC(=O)O.CCC[N+](CCC)(CCC)CCC. The van der Waals surface area contributed by atoms with Gasteiger partial charge in [0.25, 0.3) is 5.97 Å². The third-order valence-electron chi connectivity index (χ3n) is 2.79. The molecular formula is C14H32NO2+. The predicted octanol–water partition coefficient (Wildman–Crippen LogP) is 3.53. The minimum atomic E-state index is -0.833. The Balaban J connectivity index is 0. The lowest BCUT2D eigenvalue weighted by molar-refractivity contribution is -0.928. The van der Waals surface area contributed by atoms with Crippen LogP contribution in [0.25, 0.3) is 0 Å². The van der Waals surface area contributed by atoms with Crippen molar-refractivity contribution >= 4 is 5.97 Å². The molecule has 3 heteroatoms. The molecule has 0 aliphatic heterocycles. The molecule has 0 unspecified atom stereocenters. The Labute approximate surface area is 107 Å². The Hall–Kier alpha value is -0.570. The first-order valence-electron chi connectivity index (χ1n) is 7.02. The molecule has 1 N–H and O–H groups in total. The van der Waals surface area contributed by atoms with Gasteiger partial charge in [-0.15, -0.1) is 0 Å². The highest BCUT2D eigenvalue weighted by molar-refractivity contribution is 5.62. The van der Waals surface area contributed by atoms with Gasteiger partial charge in [0.2, 0.25) is 0 Å². The van der Waals surface area contributed by atoms with E-state index < -0.39 is 5.97 Å². The number of hydrogen-bond donors (Lipinski definition) is 1. The monoisotopic (exact) mass is 246 g/mol. The van der Waals surface area contributed by atoms with Crippen LogP contribution >= 0.6 is 0 Å². The number of quaternary nitrogens is 1. The number of nitrogens with zero attached hydrogens (tertiary/aromatic N) is 1. The van der Waals surface area contributed by atoms with Crippen LogP contribution in [-0.2, 0) is 4.79 Å². The lowest BCUT2D eigenvalue weighted by Gasteiger charge is -2.38. The first-order valence-corrected chi connectivity index (χ1v) is 7.02. The van der Waals surface area contributed by atoms with Crippen molar-refractivity contribution in [3.63, 3.8) is 0 Å². The summed E-state index contributed by atoms with van der Waals surface area (Å²) in [4.78, 5) is 9.00. The van der Waals surface area contributed by atoms with Crippen molar-refractivity contribution in [1.29, 1.82) is 0 Å². The van der Waals surface area contributed by atoms with Crippen molar-refractivity contribution in [2.75, 3.05) is 26.2 Å². The molecule has 104 valence electrons. The summed E-state index contributed by atoms with van der Waals surface area (Å²) in [5.41, 5.74) is 0. The van der Waals surface area contributed by atoms with E-state index in [4.69, 9.17) is 9.90 Å². The molecule has 0 heterocycles. The van der Waals surface area contributed by atoms with E-state index in [0.717, 1.165) is 6.92 Å². The Kier molecular flexibility index (Phi) is 13.2. The molecule has 0 aliphatic carbocycles. The van der Waals surface area contributed by atoms with Crippen molar-refractivity contribution in [3.8, 4) is 0 Å². The van der Waals surface area contributed by atoms with Gasteiger partial charge in [0.15, 0.2) is 0 Å². The predicted molar refractivity (Wildman–Crippen MR) is 74.2 cm³/mol. The van der Waals surface area contributed by atoms with Crippen molar-refractivity contribution in [2.24, 2.45) is 0 Å². The molecule has 0 aromatic heterocycles. The smallest absolute Gasteiger partial charge is 0.300 e. The molecule has 0 amide bonds. The number of carboxylic acids is 1. The van der Waals surface area contributed by atoms with Gasteiger partial charge in [0.1, 0.15) is 0 Å². The minimum Gasteiger partial charge on any atom is -0.481 e. The van der Waals surface area contributed by atoms with Gasteiger partial charge in [-0.1, -0.05) is 27.7 Å².